The molecule has 312 valence electrons. The van der Waals surface area contributed by atoms with Crippen molar-refractivity contribution in [2.24, 2.45) is 23.7 Å². The highest BCUT2D eigenvalue weighted by atomic mass is 15.2. The highest BCUT2D eigenvalue weighted by Gasteiger charge is 2.35. The molecule has 8 aliphatic carbocycles. The number of hydrogen-bond acceptors (Lipinski definition) is 2. The normalized spacial score (nSPS) is 26.9. The lowest BCUT2D eigenvalue weighted by Crippen LogP contribution is -2.40. The molecule has 5 unspecified atom stereocenters. The Bertz CT molecular complexity index is 2660. The molecule has 3 aromatic rings. The molecule has 0 amide bonds. The van der Waals surface area contributed by atoms with E-state index in [9.17, 15) is 0 Å². The number of rotatable bonds is 11. The van der Waals surface area contributed by atoms with Crippen molar-refractivity contribution in [1.29, 1.82) is 0 Å². The van der Waals surface area contributed by atoms with Gasteiger partial charge in [0.05, 0.1) is 0 Å². The predicted octanol–water partition coefficient (Wildman–Crippen LogP) is 15.3. The van der Waals surface area contributed by atoms with Crippen LogP contribution in [0.15, 0.2) is 246 Å². The summed E-state index contributed by atoms with van der Waals surface area (Å²) in [5.41, 5.74) is 16.6. The Labute approximate surface area is 375 Å². The maximum Gasteiger partial charge on any atom is 0.0461 e. The van der Waals surface area contributed by atoms with Gasteiger partial charge in [0.15, 0.2) is 0 Å². The maximum atomic E-state index is 2.68. The second kappa shape index (κ2) is 17.8. The zero-order valence-electron chi connectivity index (χ0n) is 36.4. The van der Waals surface area contributed by atoms with Crippen LogP contribution < -0.4 is 9.80 Å². The van der Waals surface area contributed by atoms with Crippen molar-refractivity contribution in [1.82, 2.24) is 0 Å². The van der Waals surface area contributed by atoms with Gasteiger partial charge in [0.25, 0.3) is 0 Å². The molecule has 2 nitrogen and oxygen atoms in total. The number of para-hydroxylation sites is 1. The zero-order valence-corrected chi connectivity index (χ0v) is 36.4. The summed E-state index contributed by atoms with van der Waals surface area (Å²) in [6.07, 6.45) is 57.5. The second-order valence-corrected chi connectivity index (χ2v) is 18.4. The molecule has 6 atom stereocenters. The first-order valence-electron chi connectivity index (χ1n) is 23.7. The molecule has 8 aliphatic rings. The molecule has 0 heterocycles. The molecule has 0 bridgehead atoms. The predicted molar refractivity (Wildman–Crippen MR) is 266 cm³/mol. The molecule has 0 aromatic heterocycles. The van der Waals surface area contributed by atoms with Gasteiger partial charge in [0.1, 0.15) is 0 Å². The molecule has 0 fully saturated rings. The summed E-state index contributed by atoms with van der Waals surface area (Å²) in [4.78, 5) is 5.13. The van der Waals surface area contributed by atoms with E-state index in [0.717, 1.165) is 57.8 Å². The first-order valence-corrected chi connectivity index (χ1v) is 23.7. The second-order valence-electron chi connectivity index (χ2n) is 18.4. The topological polar surface area (TPSA) is 6.48 Å². The molecule has 0 radical (unpaired) electrons. The quantitative estimate of drug-likeness (QED) is 0.190. The first kappa shape index (κ1) is 39.5. The summed E-state index contributed by atoms with van der Waals surface area (Å²) in [5, 5.41) is 0. The van der Waals surface area contributed by atoms with Crippen LogP contribution in [-0.4, -0.2) is 6.04 Å². The van der Waals surface area contributed by atoms with Crippen LogP contribution in [0.5, 0.6) is 0 Å². The molecule has 0 saturated carbocycles. The lowest BCUT2D eigenvalue weighted by atomic mass is 9.71. The van der Waals surface area contributed by atoms with Crippen molar-refractivity contribution in [2.75, 3.05) is 9.80 Å². The summed E-state index contributed by atoms with van der Waals surface area (Å²) in [7, 11) is 0. The van der Waals surface area contributed by atoms with E-state index in [1.54, 1.807) is 11.1 Å². The highest BCUT2D eigenvalue weighted by molar-refractivity contribution is 5.76. The number of allylic oxidation sites excluding steroid dienone is 24. The van der Waals surface area contributed by atoms with Gasteiger partial charge in [-0.2, -0.15) is 0 Å². The summed E-state index contributed by atoms with van der Waals surface area (Å²) in [6, 6.07) is 31.9. The first-order chi connectivity index (χ1) is 31.2. The molecule has 63 heavy (non-hydrogen) atoms. The van der Waals surface area contributed by atoms with Crippen molar-refractivity contribution >= 4 is 16.9 Å². The van der Waals surface area contributed by atoms with Gasteiger partial charge < -0.3 is 9.80 Å². The van der Waals surface area contributed by atoms with Crippen molar-refractivity contribution in [3.05, 3.63) is 257 Å². The number of hydrogen-bond donors (Lipinski definition) is 0. The fraction of sp³-hybridized carbons (Fsp3) is 0.246. The van der Waals surface area contributed by atoms with Gasteiger partial charge in [-0.05, 0) is 157 Å². The van der Waals surface area contributed by atoms with Crippen LogP contribution >= 0.6 is 0 Å². The van der Waals surface area contributed by atoms with Crippen LogP contribution in [0.3, 0.4) is 0 Å². The lowest BCUT2D eigenvalue weighted by molar-refractivity contribution is 0.368. The molecule has 3 aromatic carbocycles. The van der Waals surface area contributed by atoms with Crippen molar-refractivity contribution < 1.29 is 0 Å². The van der Waals surface area contributed by atoms with E-state index < -0.39 is 0 Å². The van der Waals surface area contributed by atoms with Gasteiger partial charge in [-0.25, -0.2) is 0 Å². The summed E-state index contributed by atoms with van der Waals surface area (Å²) in [6.45, 7) is 0. The molecule has 0 aliphatic heterocycles. The minimum atomic E-state index is 0.345. The molecule has 0 saturated heterocycles. The number of nitrogens with zero attached hydrogens (tertiary/aromatic N) is 2. The van der Waals surface area contributed by atoms with Gasteiger partial charge in [0.2, 0.25) is 0 Å². The van der Waals surface area contributed by atoms with Crippen LogP contribution in [0.1, 0.15) is 74.8 Å². The minimum Gasteiger partial charge on any atom is -0.338 e. The molecule has 2 heteroatoms. The standard InChI is InChI=1S/C61H58N2/c1-5-15-44(16-6-1)45-25-32-53(33-26-45)63(56-38-31-50-41-51(50)42-56)55-36-29-49(30-37-55)59-24-14-13-23-58(59)48-27-34-54(35-28-48)62(52-21-11-4-12-22-52)57-39-40-60(46-17-7-2-8-18-46)61(43-57)47-19-9-3-10-20-47/h1-7,9-13,15-17,19,21-23,25,27,29-38,40-42,45,47-48,50,57,61H,8,14,18,20,24,26,28,39,43H2/t45?,47?,48?,50-,57?,61?/m0/s1. The van der Waals surface area contributed by atoms with Gasteiger partial charge in [0, 0.05) is 52.3 Å². The SMILES string of the molecule is C1=CCCC(C2=CCC(N(C3=CCC(C4=C(c5ccc(N(C6=CCC(c7ccccc7)C=C6)C6=CC7=C[C@@H]7C=C6)cc5)CCC=C4)C=C3)c3ccccc3)CC2C2C=CC=CC2)=C1. The van der Waals surface area contributed by atoms with Gasteiger partial charge in [-0.15, -0.1) is 0 Å². The van der Waals surface area contributed by atoms with Crippen LogP contribution in [0.2, 0.25) is 0 Å². The van der Waals surface area contributed by atoms with E-state index in [4.69, 9.17) is 0 Å². The molecule has 0 spiro atoms. The smallest absolute Gasteiger partial charge is 0.0461 e. The van der Waals surface area contributed by atoms with E-state index in [0.29, 0.717) is 35.6 Å². The number of fused-ring (bicyclic) bond motifs is 1. The Hall–Kier alpha value is -6.38. The Kier molecular flexibility index (Phi) is 11.1. The van der Waals surface area contributed by atoms with Crippen LogP contribution in [0.4, 0.5) is 11.4 Å². The molecule has 11 rings (SSSR count). The van der Waals surface area contributed by atoms with E-state index >= 15 is 0 Å². The summed E-state index contributed by atoms with van der Waals surface area (Å²) >= 11 is 0. The molecule has 0 N–H and O–H groups in total. The zero-order chi connectivity index (χ0) is 42.0. The molecular formula is C61H58N2. The third kappa shape index (κ3) is 8.32. The molecular weight excluding hydrogens is 761 g/mol. The van der Waals surface area contributed by atoms with E-state index in [2.05, 4.69) is 216 Å². The summed E-state index contributed by atoms with van der Waals surface area (Å²) in [5.74, 6) is 2.32. The van der Waals surface area contributed by atoms with Gasteiger partial charge >= 0.3 is 0 Å². The van der Waals surface area contributed by atoms with Gasteiger partial charge in [-0.1, -0.05) is 158 Å². The third-order valence-corrected chi connectivity index (χ3v) is 14.5. The maximum absolute atomic E-state index is 2.68. The summed E-state index contributed by atoms with van der Waals surface area (Å²) < 4.78 is 0. The number of benzene rings is 3. The third-order valence-electron chi connectivity index (χ3n) is 14.5. The van der Waals surface area contributed by atoms with Gasteiger partial charge in [-0.3, -0.25) is 0 Å². The monoisotopic (exact) mass is 818 g/mol. The fourth-order valence-electron chi connectivity index (χ4n) is 11.2. The Balaban J connectivity index is 0.856. The largest absolute Gasteiger partial charge is 0.338 e. The average molecular weight is 819 g/mol. The van der Waals surface area contributed by atoms with E-state index in [1.807, 2.05) is 0 Å². The van der Waals surface area contributed by atoms with E-state index in [1.165, 1.54) is 56.3 Å². The van der Waals surface area contributed by atoms with Crippen molar-refractivity contribution in [2.45, 2.75) is 69.7 Å². The lowest BCUT2D eigenvalue weighted by Gasteiger charge is -2.42. The number of anilines is 2. The van der Waals surface area contributed by atoms with Crippen LogP contribution in [0, 0.1) is 23.7 Å². The Morgan fingerprint density at radius 3 is 2.08 bits per heavy atom. The van der Waals surface area contributed by atoms with Crippen LogP contribution in [-0.2, 0) is 0 Å². The average Bonchev–Trinajstić information content (AvgIpc) is 4.15. The fourth-order valence-corrected chi connectivity index (χ4v) is 11.2. The van der Waals surface area contributed by atoms with E-state index in [-0.39, 0.29) is 0 Å². The Morgan fingerprint density at radius 1 is 0.556 bits per heavy atom. The van der Waals surface area contributed by atoms with Crippen LogP contribution in [0.25, 0.3) is 5.57 Å². The van der Waals surface area contributed by atoms with Crippen molar-refractivity contribution in [3.8, 4) is 0 Å². The minimum absolute atomic E-state index is 0.345. The Morgan fingerprint density at radius 2 is 1.33 bits per heavy atom. The highest BCUT2D eigenvalue weighted by Crippen LogP contribution is 2.45. The van der Waals surface area contributed by atoms with Crippen molar-refractivity contribution in [3.63, 3.8) is 0 Å².